The number of furan rings is 1. The van der Waals surface area contributed by atoms with Crippen LogP contribution in [0.25, 0.3) is 11.0 Å². The molecule has 0 aliphatic rings. The Bertz CT molecular complexity index is 475. The first-order valence-corrected chi connectivity index (χ1v) is 5.40. The summed E-state index contributed by atoms with van der Waals surface area (Å²) in [4.78, 5) is 0. The molecule has 1 atom stereocenters. The van der Waals surface area contributed by atoms with E-state index in [2.05, 4.69) is 12.0 Å². The molecule has 3 heteroatoms. The average Bonchev–Trinajstić information content (AvgIpc) is 2.75. The van der Waals surface area contributed by atoms with Crippen molar-refractivity contribution in [1.82, 2.24) is 5.43 Å². The molecule has 3 nitrogen and oxygen atoms in total. The predicted octanol–water partition coefficient (Wildman–Crippen LogP) is 2.90. The number of fused-ring (bicyclic) bond motifs is 1. The molecule has 2 rings (SSSR count). The van der Waals surface area contributed by atoms with Gasteiger partial charge in [-0.15, -0.1) is 6.58 Å². The zero-order chi connectivity index (χ0) is 11.4. The lowest BCUT2D eigenvalue weighted by atomic mass is 10.0. The molecule has 0 bridgehead atoms. The number of para-hydroxylation sites is 1. The number of allylic oxidation sites excluding steroid dienone is 1. The summed E-state index contributed by atoms with van der Waals surface area (Å²) in [6, 6.07) is 8.08. The molecule has 1 aromatic carbocycles. The molecule has 1 unspecified atom stereocenters. The number of rotatable bonds is 5. The summed E-state index contributed by atoms with van der Waals surface area (Å²) in [6.07, 6.45) is 5.52. The lowest BCUT2D eigenvalue weighted by Crippen LogP contribution is -2.27. The van der Waals surface area contributed by atoms with E-state index in [9.17, 15) is 0 Å². The summed E-state index contributed by atoms with van der Waals surface area (Å²) >= 11 is 0. The molecule has 0 aliphatic carbocycles. The molecule has 0 aliphatic heterocycles. The van der Waals surface area contributed by atoms with Crippen LogP contribution in [0.2, 0.25) is 0 Å². The SMILES string of the molecule is C=CCCC(NN)c1coc2ccccc12. The van der Waals surface area contributed by atoms with E-state index < -0.39 is 0 Å². The van der Waals surface area contributed by atoms with E-state index in [0.717, 1.165) is 29.4 Å². The van der Waals surface area contributed by atoms with Gasteiger partial charge in [-0.2, -0.15) is 0 Å². The Morgan fingerprint density at radius 2 is 2.25 bits per heavy atom. The molecule has 0 spiro atoms. The third-order valence-electron chi connectivity index (χ3n) is 2.75. The van der Waals surface area contributed by atoms with E-state index in [1.54, 1.807) is 6.26 Å². The molecule has 0 saturated carbocycles. The van der Waals surface area contributed by atoms with Gasteiger partial charge < -0.3 is 4.42 Å². The van der Waals surface area contributed by atoms with Crippen LogP contribution >= 0.6 is 0 Å². The summed E-state index contributed by atoms with van der Waals surface area (Å²) in [5, 5.41) is 1.12. The first kappa shape index (κ1) is 10.9. The number of hydrogen-bond donors (Lipinski definition) is 2. The second kappa shape index (κ2) is 4.96. The van der Waals surface area contributed by atoms with E-state index in [1.807, 2.05) is 30.3 Å². The largest absolute Gasteiger partial charge is 0.464 e. The average molecular weight is 216 g/mol. The van der Waals surface area contributed by atoms with Gasteiger partial charge in [-0.05, 0) is 18.9 Å². The summed E-state index contributed by atoms with van der Waals surface area (Å²) in [5.74, 6) is 5.57. The number of benzene rings is 1. The Balaban J connectivity index is 2.33. The highest BCUT2D eigenvalue weighted by Crippen LogP contribution is 2.28. The molecule has 0 amide bonds. The monoisotopic (exact) mass is 216 g/mol. The fourth-order valence-corrected chi connectivity index (χ4v) is 1.88. The first-order valence-electron chi connectivity index (χ1n) is 5.40. The standard InChI is InChI=1S/C13H16N2O/c1-2-3-7-12(15-14)11-9-16-13-8-5-4-6-10(11)13/h2,4-6,8-9,12,15H,1,3,7,14H2. The van der Waals surface area contributed by atoms with E-state index >= 15 is 0 Å². The summed E-state index contributed by atoms with van der Waals surface area (Å²) in [7, 11) is 0. The Morgan fingerprint density at radius 1 is 1.44 bits per heavy atom. The van der Waals surface area contributed by atoms with Gasteiger partial charge in [0.15, 0.2) is 0 Å². The minimum atomic E-state index is 0.113. The topological polar surface area (TPSA) is 51.2 Å². The third-order valence-corrected chi connectivity index (χ3v) is 2.75. The fourth-order valence-electron chi connectivity index (χ4n) is 1.88. The Morgan fingerprint density at radius 3 is 3.00 bits per heavy atom. The van der Waals surface area contributed by atoms with Crippen molar-refractivity contribution in [2.75, 3.05) is 0 Å². The first-order chi connectivity index (χ1) is 7.86. The van der Waals surface area contributed by atoms with Gasteiger partial charge in [0, 0.05) is 10.9 Å². The molecule has 0 saturated heterocycles. The zero-order valence-corrected chi connectivity index (χ0v) is 9.15. The lowest BCUT2D eigenvalue weighted by molar-refractivity contribution is 0.511. The summed E-state index contributed by atoms with van der Waals surface area (Å²) in [5.41, 5.74) is 4.83. The van der Waals surface area contributed by atoms with E-state index in [-0.39, 0.29) is 6.04 Å². The summed E-state index contributed by atoms with van der Waals surface area (Å²) < 4.78 is 5.49. The highest BCUT2D eigenvalue weighted by molar-refractivity contribution is 5.81. The molecule has 84 valence electrons. The number of nitrogens with two attached hydrogens (primary N) is 1. The molecule has 0 radical (unpaired) electrons. The number of hydrazine groups is 1. The fraction of sp³-hybridized carbons (Fsp3) is 0.231. The Kier molecular flexibility index (Phi) is 3.39. The lowest BCUT2D eigenvalue weighted by Gasteiger charge is -2.13. The van der Waals surface area contributed by atoms with Gasteiger partial charge in [-0.3, -0.25) is 11.3 Å². The van der Waals surface area contributed by atoms with Gasteiger partial charge in [0.2, 0.25) is 0 Å². The van der Waals surface area contributed by atoms with Crippen LogP contribution in [-0.4, -0.2) is 0 Å². The van der Waals surface area contributed by atoms with Gasteiger partial charge in [0.05, 0.1) is 12.3 Å². The Labute approximate surface area is 94.9 Å². The number of nitrogens with one attached hydrogen (secondary N) is 1. The highest BCUT2D eigenvalue weighted by Gasteiger charge is 2.14. The molecule has 0 fully saturated rings. The number of hydrogen-bond acceptors (Lipinski definition) is 3. The van der Waals surface area contributed by atoms with Crippen molar-refractivity contribution in [3.63, 3.8) is 0 Å². The van der Waals surface area contributed by atoms with E-state index in [0.29, 0.717) is 0 Å². The van der Waals surface area contributed by atoms with Crippen molar-refractivity contribution < 1.29 is 4.42 Å². The van der Waals surface area contributed by atoms with Crippen molar-refractivity contribution in [2.24, 2.45) is 5.84 Å². The van der Waals surface area contributed by atoms with Crippen LogP contribution in [0.15, 0.2) is 47.6 Å². The van der Waals surface area contributed by atoms with Crippen LogP contribution in [0.3, 0.4) is 0 Å². The molecule has 16 heavy (non-hydrogen) atoms. The molecular weight excluding hydrogens is 200 g/mol. The second-order valence-corrected chi connectivity index (χ2v) is 3.77. The quantitative estimate of drug-likeness (QED) is 0.459. The van der Waals surface area contributed by atoms with Crippen LogP contribution in [0.5, 0.6) is 0 Å². The molecule has 1 aromatic heterocycles. The second-order valence-electron chi connectivity index (χ2n) is 3.77. The van der Waals surface area contributed by atoms with E-state index in [1.165, 1.54) is 0 Å². The Hall–Kier alpha value is -1.58. The van der Waals surface area contributed by atoms with Crippen LogP contribution in [0, 0.1) is 0 Å². The maximum atomic E-state index is 5.57. The molecule has 2 aromatic rings. The minimum Gasteiger partial charge on any atom is -0.464 e. The minimum absolute atomic E-state index is 0.113. The highest BCUT2D eigenvalue weighted by atomic mass is 16.3. The van der Waals surface area contributed by atoms with Crippen LogP contribution in [0.4, 0.5) is 0 Å². The van der Waals surface area contributed by atoms with Crippen LogP contribution < -0.4 is 11.3 Å². The van der Waals surface area contributed by atoms with Crippen LogP contribution in [0.1, 0.15) is 24.4 Å². The van der Waals surface area contributed by atoms with Crippen molar-refractivity contribution >= 4 is 11.0 Å². The van der Waals surface area contributed by atoms with Crippen molar-refractivity contribution in [3.8, 4) is 0 Å². The molecule has 1 heterocycles. The van der Waals surface area contributed by atoms with Crippen LogP contribution in [-0.2, 0) is 0 Å². The molecular formula is C13H16N2O. The maximum absolute atomic E-state index is 5.57. The summed E-state index contributed by atoms with van der Waals surface area (Å²) in [6.45, 7) is 3.72. The normalized spacial score (nSPS) is 12.8. The van der Waals surface area contributed by atoms with Gasteiger partial charge in [0.1, 0.15) is 5.58 Å². The van der Waals surface area contributed by atoms with Crippen molar-refractivity contribution in [2.45, 2.75) is 18.9 Å². The molecule has 3 N–H and O–H groups in total. The van der Waals surface area contributed by atoms with Gasteiger partial charge >= 0.3 is 0 Å². The smallest absolute Gasteiger partial charge is 0.134 e. The van der Waals surface area contributed by atoms with Gasteiger partial charge in [-0.25, -0.2) is 0 Å². The third kappa shape index (κ3) is 2.01. The maximum Gasteiger partial charge on any atom is 0.134 e. The van der Waals surface area contributed by atoms with E-state index in [4.69, 9.17) is 10.3 Å². The zero-order valence-electron chi connectivity index (χ0n) is 9.15. The van der Waals surface area contributed by atoms with Gasteiger partial charge in [-0.1, -0.05) is 24.3 Å². The van der Waals surface area contributed by atoms with Crippen molar-refractivity contribution in [1.29, 1.82) is 0 Å². The predicted molar refractivity (Wildman–Crippen MR) is 65.7 cm³/mol. The van der Waals surface area contributed by atoms with Gasteiger partial charge in [0.25, 0.3) is 0 Å². The van der Waals surface area contributed by atoms with Crippen molar-refractivity contribution in [3.05, 3.63) is 48.7 Å².